The zero-order chi connectivity index (χ0) is 23.8. The first-order chi connectivity index (χ1) is 15.6. The lowest BCUT2D eigenvalue weighted by Crippen LogP contribution is -2.33. The number of aromatic nitrogens is 1. The topological polar surface area (TPSA) is 66.2 Å². The van der Waals surface area contributed by atoms with Crippen molar-refractivity contribution >= 4 is 50.9 Å². The summed E-state index contributed by atoms with van der Waals surface area (Å²) in [4.78, 5) is 15.7. The van der Waals surface area contributed by atoms with Crippen LogP contribution in [0, 0.1) is 13.8 Å². The van der Waals surface area contributed by atoms with Crippen molar-refractivity contribution in [3.05, 3.63) is 70.2 Å². The van der Waals surface area contributed by atoms with Crippen LogP contribution in [0.2, 0.25) is 5.02 Å². The summed E-state index contributed by atoms with van der Waals surface area (Å²) in [5.41, 5.74) is 6.91. The molecule has 4 aromatic rings. The summed E-state index contributed by atoms with van der Waals surface area (Å²) < 4.78 is 5.36. The maximum Gasteiger partial charge on any atom is 0.407 e. The summed E-state index contributed by atoms with van der Waals surface area (Å²) >= 11 is 6.45. The smallest absolute Gasteiger partial charge is 0.407 e. The van der Waals surface area contributed by atoms with Gasteiger partial charge in [0.15, 0.2) is 0 Å². The first-order valence-corrected chi connectivity index (χ1v) is 11.5. The molecule has 0 aliphatic rings. The van der Waals surface area contributed by atoms with Crippen LogP contribution in [0.1, 0.15) is 37.5 Å². The van der Waals surface area contributed by atoms with Gasteiger partial charge >= 0.3 is 6.09 Å². The lowest BCUT2D eigenvalue weighted by Gasteiger charge is -2.19. The van der Waals surface area contributed by atoms with E-state index in [-0.39, 0.29) is 0 Å². The number of amides is 1. The third kappa shape index (κ3) is 5.42. The number of ether oxygens (including phenoxy) is 1. The van der Waals surface area contributed by atoms with E-state index in [0.717, 1.165) is 49.3 Å². The average Bonchev–Trinajstić information content (AvgIpc) is 3.06. The molecular formula is C27H30ClN3O2. The number of carbonyl (C=O) groups excluding carboxylic acids is 1. The summed E-state index contributed by atoms with van der Waals surface area (Å²) in [6, 6.07) is 16.7. The number of hydrogen-bond donors (Lipinski definition) is 3. The van der Waals surface area contributed by atoms with Crippen molar-refractivity contribution in [2.45, 2.75) is 46.6 Å². The van der Waals surface area contributed by atoms with E-state index in [9.17, 15) is 4.79 Å². The van der Waals surface area contributed by atoms with Crippen LogP contribution in [-0.4, -0.2) is 23.2 Å². The maximum absolute atomic E-state index is 12.1. The molecule has 4 rings (SSSR count). The van der Waals surface area contributed by atoms with Gasteiger partial charge in [0.1, 0.15) is 5.60 Å². The molecule has 0 spiro atoms. The first-order valence-electron chi connectivity index (χ1n) is 11.1. The van der Waals surface area contributed by atoms with Gasteiger partial charge in [-0.05, 0) is 88.6 Å². The van der Waals surface area contributed by atoms with Crippen molar-refractivity contribution in [1.29, 1.82) is 0 Å². The van der Waals surface area contributed by atoms with Crippen molar-refractivity contribution in [3.63, 3.8) is 0 Å². The van der Waals surface area contributed by atoms with Crippen molar-refractivity contribution in [2.24, 2.45) is 0 Å². The molecule has 0 unspecified atom stereocenters. The van der Waals surface area contributed by atoms with Crippen LogP contribution in [0.5, 0.6) is 0 Å². The number of fused-ring (bicyclic) bond motifs is 3. The standard InChI is InChI=1S/C27H30ClN3O2/c1-16-6-8-19(9-7-16)30-20-13-18(10-11-29-26(32)33-27(3,4)5)25-22(14-20)21-15-23(28)17(2)12-24(21)31-25/h6-9,12-15,30-31H,10-11H2,1-5H3,(H,29,32). The first kappa shape index (κ1) is 23.0. The van der Waals surface area contributed by atoms with Gasteiger partial charge in [-0.3, -0.25) is 0 Å². The summed E-state index contributed by atoms with van der Waals surface area (Å²) in [6.07, 6.45) is 0.241. The SMILES string of the molecule is Cc1ccc(Nc2cc(CCNC(=O)OC(C)(C)C)c3[nH]c4cc(C)c(Cl)cc4c3c2)cc1. The van der Waals surface area contributed by atoms with Crippen LogP contribution in [-0.2, 0) is 11.2 Å². The fraction of sp³-hybridized carbons (Fsp3) is 0.296. The number of alkyl carbamates (subject to hydrolysis) is 1. The number of hydrogen-bond acceptors (Lipinski definition) is 3. The third-order valence-electron chi connectivity index (χ3n) is 5.47. The number of aromatic amines is 1. The molecule has 6 heteroatoms. The minimum absolute atomic E-state index is 0.410. The third-order valence-corrected chi connectivity index (χ3v) is 5.88. The van der Waals surface area contributed by atoms with E-state index in [0.29, 0.717) is 13.0 Å². The number of aryl methyl sites for hydroxylation is 2. The number of halogens is 1. The predicted octanol–water partition coefficient (Wildman–Crippen LogP) is 7.40. The molecule has 3 aromatic carbocycles. The molecule has 0 aliphatic heterocycles. The molecule has 0 atom stereocenters. The van der Waals surface area contributed by atoms with Gasteiger partial charge < -0.3 is 20.4 Å². The molecule has 0 saturated carbocycles. The van der Waals surface area contributed by atoms with E-state index in [2.05, 4.69) is 65.0 Å². The predicted molar refractivity (Wildman–Crippen MR) is 138 cm³/mol. The van der Waals surface area contributed by atoms with Crippen LogP contribution in [0.15, 0.2) is 48.5 Å². The lowest BCUT2D eigenvalue weighted by molar-refractivity contribution is 0.0528. The molecule has 0 fully saturated rings. The van der Waals surface area contributed by atoms with Gasteiger partial charge in [0.05, 0.1) is 0 Å². The van der Waals surface area contributed by atoms with Gasteiger partial charge in [0.25, 0.3) is 0 Å². The Morgan fingerprint density at radius 2 is 1.73 bits per heavy atom. The Morgan fingerprint density at radius 1 is 1.00 bits per heavy atom. The molecule has 0 aliphatic carbocycles. The molecule has 5 nitrogen and oxygen atoms in total. The zero-order valence-corrected chi connectivity index (χ0v) is 20.5. The van der Waals surface area contributed by atoms with Crippen molar-refractivity contribution in [2.75, 3.05) is 11.9 Å². The monoisotopic (exact) mass is 463 g/mol. The van der Waals surface area contributed by atoms with Gasteiger partial charge in [-0.15, -0.1) is 0 Å². The van der Waals surface area contributed by atoms with Crippen LogP contribution in [0.3, 0.4) is 0 Å². The van der Waals surface area contributed by atoms with Crippen LogP contribution in [0.4, 0.5) is 16.2 Å². The van der Waals surface area contributed by atoms with Crippen molar-refractivity contribution in [3.8, 4) is 0 Å². The fourth-order valence-electron chi connectivity index (χ4n) is 3.89. The number of carbonyl (C=O) groups is 1. The Labute approximate surface area is 199 Å². The minimum Gasteiger partial charge on any atom is -0.444 e. The summed E-state index contributed by atoms with van der Waals surface area (Å²) in [7, 11) is 0. The number of rotatable bonds is 5. The Bertz CT molecular complexity index is 1320. The molecular weight excluding hydrogens is 434 g/mol. The Morgan fingerprint density at radius 3 is 2.42 bits per heavy atom. The molecule has 0 radical (unpaired) electrons. The Hall–Kier alpha value is -3.18. The summed E-state index contributed by atoms with van der Waals surface area (Å²) in [5, 5.41) is 9.29. The van der Waals surface area contributed by atoms with Gasteiger partial charge in [0, 0.05) is 44.7 Å². The fourth-order valence-corrected chi connectivity index (χ4v) is 4.05. The summed E-state index contributed by atoms with van der Waals surface area (Å²) in [6.45, 7) is 10.1. The average molecular weight is 464 g/mol. The zero-order valence-electron chi connectivity index (χ0n) is 19.7. The number of nitrogens with one attached hydrogen (secondary N) is 3. The molecule has 0 bridgehead atoms. The van der Waals surface area contributed by atoms with Crippen LogP contribution in [0.25, 0.3) is 21.8 Å². The number of H-pyrrole nitrogens is 1. The van der Waals surface area contributed by atoms with E-state index >= 15 is 0 Å². The highest BCUT2D eigenvalue weighted by Gasteiger charge is 2.16. The van der Waals surface area contributed by atoms with Gasteiger partial charge in [-0.1, -0.05) is 29.3 Å². The quantitative estimate of drug-likeness (QED) is 0.289. The minimum atomic E-state index is -0.524. The van der Waals surface area contributed by atoms with E-state index in [1.54, 1.807) is 0 Å². The van der Waals surface area contributed by atoms with E-state index in [4.69, 9.17) is 16.3 Å². The molecule has 1 amide bonds. The van der Waals surface area contributed by atoms with Gasteiger partial charge in [0.2, 0.25) is 0 Å². The van der Waals surface area contributed by atoms with Crippen LogP contribution < -0.4 is 10.6 Å². The van der Waals surface area contributed by atoms with Crippen molar-refractivity contribution in [1.82, 2.24) is 10.3 Å². The van der Waals surface area contributed by atoms with Gasteiger partial charge in [-0.2, -0.15) is 0 Å². The molecule has 3 N–H and O–H groups in total. The molecule has 1 aromatic heterocycles. The van der Waals surface area contributed by atoms with E-state index in [1.165, 1.54) is 5.56 Å². The van der Waals surface area contributed by atoms with E-state index < -0.39 is 11.7 Å². The largest absolute Gasteiger partial charge is 0.444 e. The highest BCUT2D eigenvalue weighted by atomic mass is 35.5. The van der Waals surface area contributed by atoms with Crippen molar-refractivity contribution < 1.29 is 9.53 Å². The van der Waals surface area contributed by atoms with Gasteiger partial charge in [-0.25, -0.2) is 4.79 Å². The second kappa shape index (κ2) is 8.99. The highest BCUT2D eigenvalue weighted by molar-refractivity contribution is 6.32. The molecule has 0 saturated heterocycles. The molecule has 172 valence electrons. The lowest BCUT2D eigenvalue weighted by atomic mass is 10.0. The second-order valence-corrected chi connectivity index (χ2v) is 9.91. The Balaban J connectivity index is 1.69. The normalized spacial score (nSPS) is 11.7. The molecule has 1 heterocycles. The Kier molecular flexibility index (Phi) is 6.26. The number of anilines is 2. The van der Waals surface area contributed by atoms with Crippen LogP contribution >= 0.6 is 11.6 Å². The molecule has 33 heavy (non-hydrogen) atoms. The number of benzene rings is 3. The second-order valence-electron chi connectivity index (χ2n) is 9.50. The summed E-state index contributed by atoms with van der Waals surface area (Å²) in [5.74, 6) is 0. The maximum atomic E-state index is 12.1. The highest BCUT2D eigenvalue weighted by Crippen LogP contribution is 2.34. The van der Waals surface area contributed by atoms with E-state index in [1.807, 2.05) is 33.8 Å².